The first-order chi connectivity index (χ1) is 9.52. The lowest BCUT2D eigenvalue weighted by atomic mass is 10.1. The SMILES string of the molecule is COc1cc2ccnc(N(C)CCC(=O)O)c2cc1F. The number of hydrogen-bond acceptors (Lipinski definition) is 4. The van der Waals surface area contributed by atoms with Crippen molar-refractivity contribution < 1.29 is 19.0 Å². The van der Waals surface area contributed by atoms with Gasteiger partial charge in [0.25, 0.3) is 0 Å². The average Bonchev–Trinajstić information content (AvgIpc) is 2.43. The van der Waals surface area contributed by atoms with Crippen molar-refractivity contribution >= 4 is 22.6 Å². The molecule has 0 unspecified atom stereocenters. The maximum Gasteiger partial charge on any atom is 0.305 e. The van der Waals surface area contributed by atoms with E-state index in [4.69, 9.17) is 9.84 Å². The minimum absolute atomic E-state index is 0.00674. The Bertz CT molecular complexity index is 646. The Morgan fingerprint density at radius 2 is 2.25 bits per heavy atom. The summed E-state index contributed by atoms with van der Waals surface area (Å²) >= 11 is 0. The molecule has 0 spiro atoms. The Kier molecular flexibility index (Phi) is 4.02. The van der Waals surface area contributed by atoms with Gasteiger partial charge in [0.2, 0.25) is 0 Å². The van der Waals surface area contributed by atoms with Crippen LogP contribution in [0.3, 0.4) is 0 Å². The molecule has 0 bridgehead atoms. The van der Waals surface area contributed by atoms with Gasteiger partial charge >= 0.3 is 5.97 Å². The summed E-state index contributed by atoms with van der Waals surface area (Å²) in [4.78, 5) is 16.5. The van der Waals surface area contributed by atoms with Crippen molar-refractivity contribution in [2.75, 3.05) is 25.6 Å². The summed E-state index contributed by atoms with van der Waals surface area (Å²) in [5.74, 6) is -0.640. The van der Waals surface area contributed by atoms with E-state index in [0.717, 1.165) is 5.39 Å². The lowest BCUT2D eigenvalue weighted by molar-refractivity contribution is -0.136. The van der Waals surface area contributed by atoms with Crippen molar-refractivity contribution in [3.05, 3.63) is 30.2 Å². The Morgan fingerprint density at radius 1 is 1.50 bits per heavy atom. The van der Waals surface area contributed by atoms with Gasteiger partial charge in [0.15, 0.2) is 11.6 Å². The molecular weight excluding hydrogens is 263 g/mol. The van der Waals surface area contributed by atoms with Crippen LogP contribution in [0.5, 0.6) is 5.75 Å². The van der Waals surface area contributed by atoms with E-state index >= 15 is 0 Å². The predicted octanol–water partition coefficient (Wildman–Crippen LogP) is 2.29. The number of hydrogen-bond donors (Lipinski definition) is 1. The third-order valence-electron chi connectivity index (χ3n) is 3.04. The average molecular weight is 278 g/mol. The van der Waals surface area contributed by atoms with E-state index < -0.39 is 11.8 Å². The number of carboxylic acid groups (broad SMARTS) is 1. The minimum atomic E-state index is -0.884. The van der Waals surface area contributed by atoms with Crippen LogP contribution in [-0.2, 0) is 4.79 Å². The number of fused-ring (bicyclic) bond motifs is 1. The molecule has 0 aliphatic heterocycles. The number of nitrogens with zero attached hydrogens (tertiary/aromatic N) is 2. The molecule has 0 fully saturated rings. The molecule has 106 valence electrons. The Morgan fingerprint density at radius 3 is 2.90 bits per heavy atom. The first kappa shape index (κ1) is 14.0. The molecule has 2 aromatic rings. The van der Waals surface area contributed by atoms with Crippen molar-refractivity contribution in [3.63, 3.8) is 0 Å². The summed E-state index contributed by atoms with van der Waals surface area (Å²) in [6, 6.07) is 4.71. The predicted molar refractivity (Wildman–Crippen MR) is 73.8 cm³/mol. The van der Waals surface area contributed by atoms with E-state index in [1.165, 1.54) is 13.2 Å². The van der Waals surface area contributed by atoms with Gasteiger partial charge in [-0.05, 0) is 23.6 Å². The maximum atomic E-state index is 13.8. The Hall–Kier alpha value is -2.37. The van der Waals surface area contributed by atoms with Gasteiger partial charge in [0.05, 0.1) is 13.5 Å². The molecule has 0 saturated carbocycles. The van der Waals surface area contributed by atoms with Crippen LogP contribution in [0, 0.1) is 5.82 Å². The van der Waals surface area contributed by atoms with Gasteiger partial charge in [0.1, 0.15) is 5.82 Å². The summed E-state index contributed by atoms with van der Waals surface area (Å²) in [5, 5.41) is 10.1. The van der Waals surface area contributed by atoms with Crippen LogP contribution in [0.1, 0.15) is 6.42 Å². The lowest BCUT2D eigenvalue weighted by Crippen LogP contribution is -2.22. The number of aliphatic carboxylic acids is 1. The quantitative estimate of drug-likeness (QED) is 0.909. The number of methoxy groups -OCH3 is 1. The third kappa shape index (κ3) is 2.79. The third-order valence-corrected chi connectivity index (χ3v) is 3.04. The zero-order valence-corrected chi connectivity index (χ0v) is 11.3. The Labute approximate surface area is 115 Å². The zero-order valence-electron chi connectivity index (χ0n) is 11.3. The number of halogens is 1. The molecule has 1 N–H and O–H groups in total. The summed E-state index contributed by atoms with van der Waals surface area (Å²) < 4.78 is 18.8. The molecule has 5 nitrogen and oxygen atoms in total. The molecule has 1 aromatic heterocycles. The molecular formula is C14H15FN2O3. The molecule has 2 rings (SSSR count). The van der Waals surface area contributed by atoms with E-state index in [1.54, 1.807) is 30.3 Å². The van der Waals surface area contributed by atoms with Crippen LogP contribution in [0.4, 0.5) is 10.2 Å². The van der Waals surface area contributed by atoms with Crippen LogP contribution in [0.2, 0.25) is 0 Å². The summed E-state index contributed by atoms with van der Waals surface area (Å²) in [6.45, 7) is 0.301. The minimum Gasteiger partial charge on any atom is -0.494 e. The molecule has 0 radical (unpaired) electrons. The zero-order chi connectivity index (χ0) is 14.7. The molecule has 1 heterocycles. The van der Waals surface area contributed by atoms with Crippen molar-refractivity contribution in [2.24, 2.45) is 0 Å². The molecule has 0 saturated heterocycles. The van der Waals surface area contributed by atoms with Crippen LogP contribution < -0.4 is 9.64 Å². The standard InChI is InChI=1S/C14H15FN2O3/c1-17(6-4-13(18)19)14-10-8-11(15)12(20-2)7-9(10)3-5-16-14/h3,5,7-8H,4,6H2,1-2H3,(H,18,19). The monoisotopic (exact) mass is 278 g/mol. The van der Waals surface area contributed by atoms with Gasteiger partial charge < -0.3 is 14.7 Å². The molecule has 0 aliphatic carbocycles. The highest BCUT2D eigenvalue weighted by atomic mass is 19.1. The van der Waals surface area contributed by atoms with Gasteiger partial charge in [-0.2, -0.15) is 0 Å². The number of carbonyl (C=O) groups is 1. The van der Waals surface area contributed by atoms with E-state index in [-0.39, 0.29) is 12.2 Å². The van der Waals surface area contributed by atoms with Crippen molar-refractivity contribution in [1.82, 2.24) is 4.98 Å². The molecule has 20 heavy (non-hydrogen) atoms. The van der Waals surface area contributed by atoms with Crippen molar-refractivity contribution in [3.8, 4) is 5.75 Å². The number of aromatic nitrogens is 1. The van der Waals surface area contributed by atoms with E-state index in [1.807, 2.05) is 0 Å². The van der Waals surface area contributed by atoms with Crippen LogP contribution in [0.25, 0.3) is 10.8 Å². The second-order valence-corrected chi connectivity index (χ2v) is 4.41. The highest BCUT2D eigenvalue weighted by molar-refractivity contribution is 5.93. The van der Waals surface area contributed by atoms with Gasteiger partial charge in [-0.1, -0.05) is 0 Å². The summed E-state index contributed by atoms with van der Waals surface area (Å²) in [7, 11) is 3.14. The van der Waals surface area contributed by atoms with Gasteiger partial charge in [-0.15, -0.1) is 0 Å². The fraction of sp³-hybridized carbons (Fsp3) is 0.286. The second-order valence-electron chi connectivity index (χ2n) is 4.41. The number of ether oxygens (including phenoxy) is 1. The van der Waals surface area contributed by atoms with Gasteiger partial charge in [-0.3, -0.25) is 4.79 Å². The normalized spacial score (nSPS) is 10.6. The van der Waals surface area contributed by atoms with Gasteiger partial charge in [0, 0.05) is 25.2 Å². The Balaban J connectivity index is 2.43. The van der Waals surface area contributed by atoms with Gasteiger partial charge in [-0.25, -0.2) is 9.37 Å². The number of carboxylic acids is 1. The fourth-order valence-electron chi connectivity index (χ4n) is 1.99. The van der Waals surface area contributed by atoms with Crippen molar-refractivity contribution in [1.29, 1.82) is 0 Å². The second kappa shape index (κ2) is 5.73. The van der Waals surface area contributed by atoms with Crippen molar-refractivity contribution in [2.45, 2.75) is 6.42 Å². The number of rotatable bonds is 5. The smallest absolute Gasteiger partial charge is 0.305 e. The number of anilines is 1. The molecule has 0 amide bonds. The highest BCUT2D eigenvalue weighted by Gasteiger charge is 2.12. The van der Waals surface area contributed by atoms with E-state index in [9.17, 15) is 9.18 Å². The maximum absolute atomic E-state index is 13.8. The molecule has 6 heteroatoms. The van der Waals surface area contributed by atoms with Crippen LogP contribution in [-0.4, -0.2) is 36.8 Å². The number of pyridine rings is 1. The van der Waals surface area contributed by atoms with Crippen LogP contribution >= 0.6 is 0 Å². The topological polar surface area (TPSA) is 62.7 Å². The number of benzene rings is 1. The lowest BCUT2D eigenvalue weighted by Gasteiger charge is -2.19. The molecule has 0 aliphatic rings. The van der Waals surface area contributed by atoms with E-state index in [2.05, 4.69) is 4.98 Å². The fourth-order valence-corrected chi connectivity index (χ4v) is 1.99. The summed E-state index contributed by atoms with van der Waals surface area (Å²) in [5.41, 5.74) is 0. The molecule has 1 aromatic carbocycles. The molecule has 0 atom stereocenters. The first-order valence-electron chi connectivity index (χ1n) is 6.08. The highest BCUT2D eigenvalue weighted by Crippen LogP contribution is 2.29. The summed E-state index contributed by atoms with van der Waals surface area (Å²) in [6.07, 6.45) is 1.60. The van der Waals surface area contributed by atoms with E-state index in [0.29, 0.717) is 17.7 Å². The largest absolute Gasteiger partial charge is 0.494 e. The van der Waals surface area contributed by atoms with Crippen LogP contribution in [0.15, 0.2) is 24.4 Å². The first-order valence-corrected chi connectivity index (χ1v) is 6.08.